The molecule has 5 heteroatoms. The summed E-state index contributed by atoms with van der Waals surface area (Å²) in [6, 6.07) is 12.1. The number of rotatable bonds is 7. The van der Waals surface area contributed by atoms with E-state index in [0.29, 0.717) is 11.8 Å². The molecule has 0 radical (unpaired) electrons. The molecule has 3 atom stereocenters. The first-order valence-electron chi connectivity index (χ1n) is 9.15. The number of hydrogen-bond acceptors (Lipinski definition) is 5. The fourth-order valence-corrected chi connectivity index (χ4v) is 3.76. The normalized spacial score (nSPS) is 21.7. The van der Waals surface area contributed by atoms with Crippen molar-refractivity contribution in [1.82, 2.24) is 0 Å². The molecule has 0 bridgehead atoms. The molecule has 5 nitrogen and oxygen atoms in total. The van der Waals surface area contributed by atoms with Crippen molar-refractivity contribution in [2.24, 2.45) is 11.8 Å². The molecule has 3 rings (SSSR count). The second-order valence-corrected chi connectivity index (χ2v) is 6.88. The largest absolute Gasteiger partial charge is 0.493 e. The topological polar surface area (TPSA) is 46.2 Å². The molecule has 0 aliphatic carbocycles. The number of ether oxygens (including phenoxy) is 5. The van der Waals surface area contributed by atoms with Gasteiger partial charge in [-0.25, -0.2) is 0 Å². The summed E-state index contributed by atoms with van der Waals surface area (Å²) in [5.41, 5.74) is 2.34. The van der Waals surface area contributed by atoms with Gasteiger partial charge in [-0.15, -0.1) is 0 Å². The molecule has 2 aromatic rings. The molecule has 0 N–H and O–H groups in total. The summed E-state index contributed by atoms with van der Waals surface area (Å²) in [5, 5.41) is 0. The smallest absolute Gasteiger partial charge is 0.161 e. The molecule has 1 aliphatic rings. The van der Waals surface area contributed by atoms with Crippen molar-refractivity contribution in [2.45, 2.75) is 19.4 Å². The van der Waals surface area contributed by atoms with E-state index in [0.717, 1.165) is 41.6 Å². The highest BCUT2D eigenvalue weighted by atomic mass is 16.5. The third kappa shape index (κ3) is 3.98. The second kappa shape index (κ2) is 8.53. The Morgan fingerprint density at radius 2 is 1.41 bits per heavy atom. The van der Waals surface area contributed by atoms with Crippen LogP contribution in [-0.4, -0.2) is 35.0 Å². The van der Waals surface area contributed by atoms with Crippen molar-refractivity contribution >= 4 is 0 Å². The van der Waals surface area contributed by atoms with Gasteiger partial charge >= 0.3 is 0 Å². The van der Waals surface area contributed by atoms with E-state index in [4.69, 9.17) is 23.7 Å². The van der Waals surface area contributed by atoms with E-state index in [9.17, 15) is 0 Å². The van der Waals surface area contributed by atoms with E-state index in [2.05, 4.69) is 25.1 Å². The minimum absolute atomic E-state index is 0.0509. The zero-order valence-electron chi connectivity index (χ0n) is 16.7. The van der Waals surface area contributed by atoms with Gasteiger partial charge in [0.2, 0.25) is 0 Å². The van der Waals surface area contributed by atoms with Crippen LogP contribution in [0.25, 0.3) is 0 Å². The van der Waals surface area contributed by atoms with Gasteiger partial charge in [0.15, 0.2) is 23.0 Å². The van der Waals surface area contributed by atoms with Crippen LogP contribution in [0.5, 0.6) is 23.0 Å². The standard InChI is InChI=1S/C22H28O5/c1-14-17(10-15-6-8-18(23-2)20(11-15)25-4)13-27-22(14)16-7-9-19(24-3)21(12-16)26-5/h6-9,11-12,14,17,22H,10,13H2,1-5H3/t14-,17+,22+/m1/s1. The zero-order valence-corrected chi connectivity index (χ0v) is 16.7. The Bertz CT molecular complexity index is 773. The Labute approximate surface area is 161 Å². The summed E-state index contributed by atoms with van der Waals surface area (Å²) >= 11 is 0. The van der Waals surface area contributed by atoms with Gasteiger partial charge in [-0.05, 0) is 53.6 Å². The van der Waals surface area contributed by atoms with Crippen LogP contribution in [0.1, 0.15) is 24.2 Å². The summed E-state index contributed by atoms with van der Waals surface area (Å²) in [5.74, 6) is 3.79. The van der Waals surface area contributed by atoms with E-state index in [-0.39, 0.29) is 6.10 Å². The average Bonchev–Trinajstić information content (AvgIpc) is 3.07. The first kappa shape index (κ1) is 19.4. The van der Waals surface area contributed by atoms with Crippen molar-refractivity contribution < 1.29 is 23.7 Å². The third-order valence-corrected chi connectivity index (χ3v) is 5.39. The van der Waals surface area contributed by atoms with Gasteiger partial charge in [-0.1, -0.05) is 19.1 Å². The highest BCUT2D eigenvalue weighted by Gasteiger charge is 2.35. The molecule has 0 saturated carbocycles. The highest BCUT2D eigenvalue weighted by Crippen LogP contribution is 2.42. The van der Waals surface area contributed by atoms with Crippen LogP contribution in [0, 0.1) is 11.8 Å². The Balaban J connectivity index is 1.74. The number of hydrogen-bond donors (Lipinski definition) is 0. The van der Waals surface area contributed by atoms with Crippen LogP contribution in [0.4, 0.5) is 0 Å². The molecule has 0 unspecified atom stereocenters. The predicted molar refractivity (Wildman–Crippen MR) is 104 cm³/mol. The zero-order chi connectivity index (χ0) is 19.4. The van der Waals surface area contributed by atoms with Gasteiger partial charge in [-0.3, -0.25) is 0 Å². The second-order valence-electron chi connectivity index (χ2n) is 6.88. The van der Waals surface area contributed by atoms with Crippen molar-refractivity contribution in [3.8, 4) is 23.0 Å². The van der Waals surface area contributed by atoms with Crippen molar-refractivity contribution in [2.75, 3.05) is 35.0 Å². The summed E-state index contributed by atoms with van der Waals surface area (Å²) in [7, 11) is 6.61. The predicted octanol–water partition coefficient (Wildman–Crippen LogP) is 4.29. The van der Waals surface area contributed by atoms with Crippen LogP contribution >= 0.6 is 0 Å². The maximum Gasteiger partial charge on any atom is 0.161 e. The average molecular weight is 372 g/mol. The molecule has 27 heavy (non-hydrogen) atoms. The van der Waals surface area contributed by atoms with Crippen LogP contribution in [-0.2, 0) is 11.2 Å². The first-order chi connectivity index (χ1) is 13.1. The molecule has 2 aromatic carbocycles. The van der Waals surface area contributed by atoms with Gasteiger partial charge in [0, 0.05) is 0 Å². The SMILES string of the molecule is COc1ccc(C[C@H]2CO[C@H](c3ccc(OC)c(OC)c3)[C@@H]2C)cc1OC. The van der Waals surface area contributed by atoms with Gasteiger partial charge < -0.3 is 23.7 Å². The summed E-state index contributed by atoms with van der Waals surface area (Å²) in [6.07, 6.45) is 0.987. The lowest BCUT2D eigenvalue weighted by Crippen LogP contribution is -2.14. The lowest BCUT2D eigenvalue weighted by atomic mass is 9.85. The maximum atomic E-state index is 6.16. The molecule has 0 aromatic heterocycles. The van der Waals surface area contributed by atoms with Gasteiger partial charge in [0.25, 0.3) is 0 Å². The summed E-state index contributed by atoms with van der Waals surface area (Å²) in [6.45, 7) is 2.98. The molecule has 1 fully saturated rings. The van der Waals surface area contributed by atoms with Crippen LogP contribution in [0.2, 0.25) is 0 Å². The Hall–Kier alpha value is -2.40. The number of methoxy groups -OCH3 is 4. The molecular weight excluding hydrogens is 344 g/mol. The van der Waals surface area contributed by atoms with E-state index < -0.39 is 0 Å². The van der Waals surface area contributed by atoms with Crippen LogP contribution in [0.3, 0.4) is 0 Å². The molecule has 0 spiro atoms. The van der Waals surface area contributed by atoms with Gasteiger partial charge in [-0.2, -0.15) is 0 Å². The first-order valence-corrected chi connectivity index (χ1v) is 9.15. The van der Waals surface area contributed by atoms with Crippen molar-refractivity contribution in [3.05, 3.63) is 47.5 Å². The van der Waals surface area contributed by atoms with E-state index in [1.165, 1.54) is 5.56 Å². The van der Waals surface area contributed by atoms with Gasteiger partial charge in [0.05, 0.1) is 41.2 Å². The maximum absolute atomic E-state index is 6.16. The van der Waals surface area contributed by atoms with Crippen molar-refractivity contribution in [3.63, 3.8) is 0 Å². The van der Waals surface area contributed by atoms with Gasteiger partial charge in [0.1, 0.15) is 0 Å². The Morgan fingerprint density at radius 3 is 2.04 bits per heavy atom. The van der Waals surface area contributed by atoms with Crippen molar-refractivity contribution in [1.29, 1.82) is 0 Å². The van der Waals surface area contributed by atoms with Crippen LogP contribution < -0.4 is 18.9 Å². The Kier molecular flexibility index (Phi) is 6.11. The van der Waals surface area contributed by atoms with E-state index in [1.54, 1.807) is 28.4 Å². The molecular formula is C22H28O5. The molecule has 1 heterocycles. The molecule has 1 aliphatic heterocycles. The summed E-state index contributed by atoms with van der Waals surface area (Å²) in [4.78, 5) is 0. The molecule has 146 valence electrons. The highest BCUT2D eigenvalue weighted by molar-refractivity contribution is 5.44. The minimum Gasteiger partial charge on any atom is -0.493 e. The lowest BCUT2D eigenvalue weighted by Gasteiger charge is -2.20. The van der Waals surface area contributed by atoms with Crippen LogP contribution in [0.15, 0.2) is 36.4 Å². The minimum atomic E-state index is 0.0509. The Morgan fingerprint density at radius 1 is 0.815 bits per heavy atom. The van der Waals surface area contributed by atoms with E-state index >= 15 is 0 Å². The lowest BCUT2D eigenvalue weighted by molar-refractivity contribution is 0.0932. The third-order valence-electron chi connectivity index (χ3n) is 5.39. The number of benzene rings is 2. The molecule has 0 amide bonds. The fraction of sp³-hybridized carbons (Fsp3) is 0.455. The quantitative estimate of drug-likeness (QED) is 0.726. The monoisotopic (exact) mass is 372 g/mol. The molecule has 1 saturated heterocycles. The summed E-state index contributed by atoms with van der Waals surface area (Å²) < 4.78 is 27.7. The van der Waals surface area contributed by atoms with E-state index in [1.807, 2.05) is 18.2 Å². The fourth-order valence-electron chi connectivity index (χ4n) is 3.76.